The van der Waals surface area contributed by atoms with E-state index in [1.807, 2.05) is 0 Å². The highest BCUT2D eigenvalue weighted by atomic mass is 32.2. The first-order valence-corrected chi connectivity index (χ1v) is 6.89. The molecule has 15 heavy (non-hydrogen) atoms. The maximum Gasteiger partial charge on any atom is 0.147 e. The van der Waals surface area contributed by atoms with Crippen molar-refractivity contribution in [2.75, 3.05) is 12.0 Å². The van der Waals surface area contributed by atoms with E-state index in [0.29, 0.717) is 19.3 Å². The first kappa shape index (κ1) is 12.2. The number of nitrogens with one attached hydrogen (secondary N) is 1. The molecule has 0 aromatic carbocycles. The van der Waals surface area contributed by atoms with Crippen molar-refractivity contribution in [3.05, 3.63) is 18.0 Å². The zero-order valence-corrected chi connectivity index (χ0v) is 9.50. The van der Waals surface area contributed by atoms with Crippen LogP contribution in [0.3, 0.4) is 0 Å². The van der Waals surface area contributed by atoms with Crippen molar-refractivity contribution in [2.45, 2.75) is 25.4 Å². The SMILES string of the molecule is CS(=O)(=O)CCCCC(O)c1cn[nH]c1. The Morgan fingerprint density at radius 3 is 2.80 bits per heavy atom. The second kappa shape index (κ2) is 5.27. The number of aromatic amines is 1. The van der Waals surface area contributed by atoms with Gasteiger partial charge in [-0.3, -0.25) is 5.10 Å². The molecule has 1 unspecified atom stereocenters. The molecule has 1 atom stereocenters. The van der Waals surface area contributed by atoms with Gasteiger partial charge in [0, 0.05) is 23.8 Å². The van der Waals surface area contributed by atoms with Gasteiger partial charge in [-0.05, 0) is 19.3 Å². The highest BCUT2D eigenvalue weighted by Gasteiger charge is 2.09. The molecule has 0 saturated heterocycles. The molecule has 1 aromatic heterocycles. The smallest absolute Gasteiger partial charge is 0.147 e. The molecule has 0 fully saturated rings. The van der Waals surface area contributed by atoms with E-state index in [-0.39, 0.29) is 5.75 Å². The maximum atomic E-state index is 10.8. The number of unbranched alkanes of at least 4 members (excludes halogenated alkanes) is 1. The Balaban J connectivity index is 2.21. The lowest BCUT2D eigenvalue weighted by atomic mass is 10.1. The van der Waals surface area contributed by atoms with Gasteiger partial charge in [-0.15, -0.1) is 0 Å². The molecule has 0 aliphatic heterocycles. The van der Waals surface area contributed by atoms with Crippen LogP contribution in [-0.4, -0.2) is 35.7 Å². The zero-order valence-electron chi connectivity index (χ0n) is 8.68. The van der Waals surface area contributed by atoms with Gasteiger partial charge < -0.3 is 5.11 Å². The van der Waals surface area contributed by atoms with Crippen molar-refractivity contribution in [1.29, 1.82) is 0 Å². The quantitative estimate of drug-likeness (QED) is 0.706. The Morgan fingerprint density at radius 1 is 1.53 bits per heavy atom. The monoisotopic (exact) mass is 232 g/mol. The summed E-state index contributed by atoms with van der Waals surface area (Å²) in [6, 6.07) is 0. The largest absolute Gasteiger partial charge is 0.388 e. The first-order valence-electron chi connectivity index (χ1n) is 4.83. The summed E-state index contributed by atoms with van der Waals surface area (Å²) < 4.78 is 21.7. The third-order valence-corrected chi connectivity index (χ3v) is 3.18. The lowest BCUT2D eigenvalue weighted by molar-refractivity contribution is 0.164. The van der Waals surface area contributed by atoms with Crippen LogP contribution in [0.1, 0.15) is 30.9 Å². The van der Waals surface area contributed by atoms with Gasteiger partial charge in [-0.2, -0.15) is 5.10 Å². The molecule has 1 rings (SSSR count). The highest BCUT2D eigenvalue weighted by Crippen LogP contribution is 2.17. The summed E-state index contributed by atoms with van der Waals surface area (Å²) in [4.78, 5) is 0. The fourth-order valence-corrected chi connectivity index (χ4v) is 2.04. The van der Waals surface area contributed by atoms with Gasteiger partial charge in [-0.25, -0.2) is 8.42 Å². The Bertz CT molecular complexity index is 372. The summed E-state index contributed by atoms with van der Waals surface area (Å²) in [5.41, 5.74) is 0.745. The molecule has 86 valence electrons. The summed E-state index contributed by atoms with van der Waals surface area (Å²) in [5, 5.41) is 16.0. The zero-order chi connectivity index (χ0) is 11.3. The molecule has 2 N–H and O–H groups in total. The van der Waals surface area contributed by atoms with E-state index in [9.17, 15) is 13.5 Å². The van der Waals surface area contributed by atoms with Crippen LogP contribution in [0.4, 0.5) is 0 Å². The fraction of sp³-hybridized carbons (Fsp3) is 0.667. The summed E-state index contributed by atoms with van der Waals surface area (Å²) >= 11 is 0. The van der Waals surface area contributed by atoms with Crippen LogP contribution in [0, 0.1) is 0 Å². The third kappa shape index (κ3) is 4.94. The average molecular weight is 232 g/mol. The molecule has 1 aromatic rings. The molecule has 0 spiro atoms. The Hall–Kier alpha value is -0.880. The van der Waals surface area contributed by atoms with Gasteiger partial charge in [0.1, 0.15) is 9.84 Å². The third-order valence-electron chi connectivity index (χ3n) is 2.15. The van der Waals surface area contributed by atoms with Crippen LogP contribution in [0.2, 0.25) is 0 Å². The molecule has 0 saturated carbocycles. The predicted molar refractivity (Wildman–Crippen MR) is 57.1 cm³/mol. The number of rotatable bonds is 6. The minimum atomic E-state index is -2.88. The molecule has 6 heteroatoms. The highest BCUT2D eigenvalue weighted by molar-refractivity contribution is 7.90. The Kier molecular flexibility index (Phi) is 4.28. The van der Waals surface area contributed by atoms with Gasteiger partial charge in [0.05, 0.1) is 12.3 Å². The number of hydrogen-bond donors (Lipinski definition) is 2. The van der Waals surface area contributed by atoms with Crippen molar-refractivity contribution in [3.8, 4) is 0 Å². The van der Waals surface area contributed by atoms with Crippen molar-refractivity contribution in [1.82, 2.24) is 10.2 Å². The fourth-order valence-electron chi connectivity index (χ4n) is 1.31. The van der Waals surface area contributed by atoms with Crippen LogP contribution >= 0.6 is 0 Å². The standard InChI is InChI=1S/C9H16N2O3S/c1-15(13,14)5-3-2-4-9(12)8-6-10-11-7-8/h6-7,9,12H,2-5H2,1H3,(H,10,11). The number of hydrogen-bond acceptors (Lipinski definition) is 4. The summed E-state index contributed by atoms with van der Waals surface area (Å²) in [6.45, 7) is 0. The molecule has 0 amide bonds. The number of aromatic nitrogens is 2. The van der Waals surface area contributed by atoms with Crippen LogP contribution in [-0.2, 0) is 9.84 Å². The van der Waals surface area contributed by atoms with Crippen LogP contribution < -0.4 is 0 Å². The summed E-state index contributed by atoms with van der Waals surface area (Å²) in [5.74, 6) is 0.186. The molecule has 0 radical (unpaired) electrons. The lowest BCUT2D eigenvalue weighted by Crippen LogP contribution is -2.04. The number of nitrogens with zero attached hydrogens (tertiary/aromatic N) is 1. The van der Waals surface area contributed by atoms with Gasteiger partial charge >= 0.3 is 0 Å². The maximum absolute atomic E-state index is 10.8. The second-order valence-corrected chi connectivity index (χ2v) is 5.93. The van der Waals surface area contributed by atoms with E-state index in [4.69, 9.17) is 0 Å². The molecular weight excluding hydrogens is 216 g/mol. The van der Waals surface area contributed by atoms with Gasteiger partial charge in [0.15, 0.2) is 0 Å². The van der Waals surface area contributed by atoms with Crippen molar-refractivity contribution in [3.63, 3.8) is 0 Å². The molecule has 0 bridgehead atoms. The predicted octanol–water partition coefficient (Wildman–Crippen LogP) is 0.658. The first-order chi connectivity index (χ1) is 6.99. The van der Waals surface area contributed by atoms with E-state index in [1.54, 1.807) is 12.4 Å². The number of sulfone groups is 1. The van der Waals surface area contributed by atoms with E-state index >= 15 is 0 Å². The minimum Gasteiger partial charge on any atom is -0.388 e. The van der Waals surface area contributed by atoms with Crippen molar-refractivity contribution >= 4 is 9.84 Å². The van der Waals surface area contributed by atoms with Crippen molar-refractivity contribution in [2.24, 2.45) is 0 Å². The second-order valence-electron chi connectivity index (χ2n) is 3.67. The Morgan fingerprint density at radius 2 is 2.27 bits per heavy atom. The Labute approximate surface area is 89.4 Å². The number of aliphatic hydroxyl groups excluding tert-OH is 1. The number of H-pyrrole nitrogens is 1. The minimum absolute atomic E-state index is 0.186. The average Bonchev–Trinajstić information content (AvgIpc) is 2.63. The molecule has 5 nitrogen and oxygen atoms in total. The van der Waals surface area contributed by atoms with E-state index in [0.717, 1.165) is 5.56 Å². The lowest BCUT2D eigenvalue weighted by Gasteiger charge is -2.07. The van der Waals surface area contributed by atoms with Crippen LogP contribution in [0.25, 0.3) is 0 Å². The summed E-state index contributed by atoms with van der Waals surface area (Å²) in [6.07, 6.45) is 5.73. The summed E-state index contributed by atoms with van der Waals surface area (Å²) in [7, 11) is -2.88. The van der Waals surface area contributed by atoms with E-state index < -0.39 is 15.9 Å². The molecule has 0 aliphatic carbocycles. The normalized spacial score (nSPS) is 14.0. The van der Waals surface area contributed by atoms with Gasteiger partial charge in [0.25, 0.3) is 0 Å². The molecular formula is C9H16N2O3S. The van der Waals surface area contributed by atoms with Gasteiger partial charge in [0.2, 0.25) is 0 Å². The van der Waals surface area contributed by atoms with Crippen molar-refractivity contribution < 1.29 is 13.5 Å². The van der Waals surface area contributed by atoms with Crippen LogP contribution in [0.15, 0.2) is 12.4 Å². The number of aliphatic hydroxyl groups is 1. The van der Waals surface area contributed by atoms with Crippen LogP contribution in [0.5, 0.6) is 0 Å². The topological polar surface area (TPSA) is 83.1 Å². The van der Waals surface area contributed by atoms with E-state index in [2.05, 4.69) is 10.2 Å². The van der Waals surface area contributed by atoms with E-state index in [1.165, 1.54) is 6.26 Å². The molecule has 1 heterocycles. The van der Waals surface area contributed by atoms with Gasteiger partial charge in [-0.1, -0.05) is 0 Å². The molecule has 0 aliphatic rings.